The van der Waals surface area contributed by atoms with E-state index in [2.05, 4.69) is 16.5 Å². The number of fused-ring (bicyclic) bond motifs is 1. The van der Waals surface area contributed by atoms with Gasteiger partial charge in [-0.15, -0.1) is 0 Å². The van der Waals surface area contributed by atoms with Gasteiger partial charge in [-0.1, -0.05) is 29.9 Å². The van der Waals surface area contributed by atoms with Crippen molar-refractivity contribution in [1.82, 2.24) is 14.5 Å². The van der Waals surface area contributed by atoms with Gasteiger partial charge in [0.15, 0.2) is 10.8 Å². The summed E-state index contributed by atoms with van der Waals surface area (Å²) in [5.74, 6) is -0.950. The molecule has 2 rings (SSSR count). The zero-order valence-electron chi connectivity index (χ0n) is 9.34. The van der Waals surface area contributed by atoms with E-state index in [-0.39, 0.29) is 5.75 Å². The van der Waals surface area contributed by atoms with Crippen molar-refractivity contribution in [1.29, 1.82) is 0 Å². The first kappa shape index (κ1) is 12.9. The molecule has 2 aromatic heterocycles. The largest absolute Gasteiger partial charge is 0.481 e. The molecule has 0 bridgehead atoms. The van der Waals surface area contributed by atoms with E-state index in [1.54, 1.807) is 16.8 Å². The van der Waals surface area contributed by atoms with Crippen LogP contribution in [0.4, 0.5) is 0 Å². The number of pyridine rings is 1. The Bertz CT molecular complexity index is 611. The molecule has 0 spiro atoms. The number of allylic oxidation sites excluding steroid dienone is 1. The fourth-order valence-electron chi connectivity index (χ4n) is 1.49. The van der Waals surface area contributed by atoms with Gasteiger partial charge in [0.05, 0.1) is 12.3 Å². The predicted octanol–water partition coefficient (Wildman–Crippen LogP) is 2.36. The minimum atomic E-state index is -0.892. The highest BCUT2D eigenvalue weighted by Gasteiger charge is 2.13. The molecule has 0 fully saturated rings. The molecule has 94 valence electrons. The summed E-state index contributed by atoms with van der Waals surface area (Å²) in [7, 11) is 0. The molecule has 2 heterocycles. The lowest BCUT2D eigenvalue weighted by atomic mass is 10.4. The fourth-order valence-corrected chi connectivity index (χ4v) is 2.33. The first-order chi connectivity index (χ1) is 8.58. The molecule has 0 atom stereocenters. The van der Waals surface area contributed by atoms with Gasteiger partial charge < -0.3 is 5.11 Å². The summed E-state index contributed by atoms with van der Waals surface area (Å²) in [6.45, 7) is 3.99. The zero-order chi connectivity index (χ0) is 13.1. The van der Waals surface area contributed by atoms with E-state index in [9.17, 15) is 4.79 Å². The lowest BCUT2D eigenvalue weighted by molar-refractivity contribution is -0.133. The molecular weight excluding hydrogens is 274 g/mol. The number of nitrogens with zero attached hydrogens (tertiary/aromatic N) is 3. The number of hydrogen-bond acceptors (Lipinski definition) is 4. The molecule has 1 N–H and O–H groups in total. The highest BCUT2D eigenvalue weighted by molar-refractivity contribution is 7.99. The van der Waals surface area contributed by atoms with Gasteiger partial charge in [-0.2, -0.15) is 0 Å². The first-order valence-corrected chi connectivity index (χ1v) is 6.43. The highest BCUT2D eigenvalue weighted by Crippen LogP contribution is 2.24. The molecule has 18 heavy (non-hydrogen) atoms. The molecule has 0 unspecified atom stereocenters. The molecule has 2 aromatic rings. The van der Waals surface area contributed by atoms with Gasteiger partial charge in [0.25, 0.3) is 0 Å². The number of carbonyl (C=O) groups is 1. The smallest absolute Gasteiger partial charge is 0.313 e. The maximum atomic E-state index is 10.6. The van der Waals surface area contributed by atoms with Crippen LogP contribution in [0.25, 0.3) is 11.2 Å². The lowest BCUT2D eigenvalue weighted by Crippen LogP contribution is -2.04. The molecular formula is C11H10ClN3O2S. The number of hydrogen-bond donors (Lipinski definition) is 1. The molecule has 0 aliphatic carbocycles. The number of halogens is 1. The fraction of sp³-hybridized carbons (Fsp3) is 0.182. The summed E-state index contributed by atoms with van der Waals surface area (Å²) < 4.78 is 1.76. The normalized spacial score (nSPS) is 10.7. The van der Waals surface area contributed by atoms with Crippen LogP contribution in [0.1, 0.15) is 0 Å². The van der Waals surface area contributed by atoms with Gasteiger partial charge in [0.1, 0.15) is 5.52 Å². The predicted molar refractivity (Wildman–Crippen MR) is 70.9 cm³/mol. The number of carboxylic acids is 1. The van der Waals surface area contributed by atoms with Crippen molar-refractivity contribution >= 4 is 40.5 Å². The van der Waals surface area contributed by atoms with Crippen LogP contribution < -0.4 is 0 Å². The Hall–Kier alpha value is -1.53. The average Bonchev–Trinajstić information content (AvgIpc) is 2.64. The maximum absolute atomic E-state index is 10.6. The van der Waals surface area contributed by atoms with Crippen LogP contribution in [0.2, 0.25) is 0 Å². The minimum Gasteiger partial charge on any atom is -0.481 e. The Labute approximate surface area is 112 Å². The van der Waals surface area contributed by atoms with Crippen molar-refractivity contribution in [2.45, 2.75) is 11.7 Å². The Balaban J connectivity index is 2.42. The second-order valence-electron chi connectivity index (χ2n) is 3.53. The molecule has 0 radical (unpaired) electrons. The molecule has 0 amide bonds. The summed E-state index contributed by atoms with van der Waals surface area (Å²) in [5, 5.41) is 9.72. The SMILES string of the molecule is C=C(Cl)Cn1c(SCC(=O)O)nc2cccnc21. The van der Waals surface area contributed by atoms with Crippen LogP contribution >= 0.6 is 23.4 Å². The molecule has 0 saturated heterocycles. The van der Waals surface area contributed by atoms with Gasteiger partial charge in [-0.05, 0) is 12.1 Å². The van der Waals surface area contributed by atoms with E-state index in [1.807, 2.05) is 6.07 Å². The van der Waals surface area contributed by atoms with E-state index >= 15 is 0 Å². The van der Waals surface area contributed by atoms with Crippen LogP contribution in [-0.4, -0.2) is 31.4 Å². The number of rotatable bonds is 5. The molecule has 0 saturated carbocycles. The average molecular weight is 284 g/mol. The van der Waals surface area contributed by atoms with Gasteiger partial charge >= 0.3 is 5.97 Å². The van der Waals surface area contributed by atoms with Crippen LogP contribution in [0.5, 0.6) is 0 Å². The van der Waals surface area contributed by atoms with E-state index in [0.717, 1.165) is 11.8 Å². The first-order valence-electron chi connectivity index (χ1n) is 5.07. The van der Waals surface area contributed by atoms with Gasteiger partial charge in [0, 0.05) is 11.2 Å². The third-order valence-electron chi connectivity index (χ3n) is 2.12. The van der Waals surface area contributed by atoms with E-state index in [0.29, 0.717) is 27.9 Å². The Morgan fingerprint density at radius 3 is 3.06 bits per heavy atom. The number of aliphatic carboxylic acids is 1. The zero-order valence-corrected chi connectivity index (χ0v) is 10.9. The van der Waals surface area contributed by atoms with Crippen molar-refractivity contribution in [3.05, 3.63) is 29.9 Å². The van der Waals surface area contributed by atoms with E-state index < -0.39 is 5.97 Å². The molecule has 5 nitrogen and oxygen atoms in total. The molecule has 7 heteroatoms. The number of imidazole rings is 1. The topological polar surface area (TPSA) is 68.0 Å². The van der Waals surface area contributed by atoms with E-state index in [4.69, 9.17) is 16.7 Å². The summed E-state index contributed by atoms with van der Waals surface area (Å²) >= 11 is 6.94. The second kappa shape index (κ2) is 5.41. The number of carboxylic acid groups (broad SMARTS) is 1. The summed E-state index contributed by atoms with van der Waals surface area (Å²) in [5.41, 5.74) is 1.38. The minimum absolute atomic E-state index is 0.0575. The van der Waals surface area contributed by atoms with E-state index in [1.165, 1.54) is 0 Å². The van der Waals surface area contributed by atoms with Crippen LogP contribution in [0, 0.1) is 0 Å². The summed E-state index contributed by atoms with van der Waals surface area (Å²) in [4.78, 5) is 19.2. The second-order valence-corrected chi connectivity index (χ2v) is 5.00. The quantitative estimate of drug-likeness (QED) is 0.853. The Morgan fingerprint density at radius 1 is 1.61 bits per heavy atom. The van der Waals surface area contributed by atoms with Crippen LogP contribution in [0.15, 0.2) is 35.1 Å². The third kappa shape index (κ3) is 2.83. The molecule has 0 aliphatic heterocycles. The number of thioether (sulfide) groups is 1. The van der Waals surface area contributed by atoms with Crippen LogP contribution in [0.3, 0.4) is 0 Å². The molecule has 0 aliphatic rings. The van der Waals surface area contributed by atoms with Crippen molar-refractivity contribution in [2.75, 3.05) is 5.75 Å². The van der Waals surface area contributed by atoms with Gasteiger partial charge in [-0.25, -0.2) is 9.97 Å². The summed E-state index contributed by atoms with van der Waals surface area (Å²) in [6.07, 6.45) is 1.66. The summed E-state index contributed by atoms with van der Waals surface area (Å²) in [6, 6.07) is 3.60. The Kier molecular flexibility index (Phi) is 3.88. The van der Waals surface area contributed by atoms with Gasteiger partial charge in [0.2, 0.25) is 0 Å². The molecule has 0 aromatic carbocycles. The van der Waals surface area contributed by atoms with Gasteiger partial charge in [-0.3, -0.25) is 9.36 Å². The number of aromatic nitrogens is 3. The van der Waals surface area contributed by atoms with Crippen molar-refractivity contribution in [3.63, 3.8) is 0 Å². The van der Waals surface area contributed by atoms with Crippen molar-refractivity contribution < 1.29 is 9.90 Å². The monoisotopic (exact) mass is 283 g/mol. The highest BCUT2D eigenvalue weighted by atomic mass is 35.5. The lowest BCUT2D eigenvalue weighted by Gasteiger charge is -2.05. The maximum Gasteiger partial charge on any atom is 0.313 e. The van der Waals surface area contributed by atoms with Crippen molar-refractivity contribution in [3.8, 4) is 0 Å². The van der Waals surface area contributed by atoms with Crippen LogP contribution in [-0.2, 0) is 11.3 Å². The van der Waals surface area contributed by atoms with Crippen molar-refractivity contribution in [2.24, 2.45) is 0 Å². The standard InChI is InChI=1S/C11H10ClN3O2S/c1-7(12)5-15-10-8(3-2-4-13-10)14-11(15)18-6-9(16)17/h2-4H,1,5-6H2,(H,16,17). The Morgan fingerprint density at radius 2 is 2.39 bits per heavy atom. The third-order valence-corrected chi connectivity index (χ3v) is 3.20.